The van der Waals surface area contributed by atoms with E-state index in [1.54, 1.807) is 6.20 Å². The van der Waals surface area contributed by atoms with Crippen molar-refractivity contribution < 1.29 is 4.21 Å². The van der Waals surface area contributed by atoms with Crippen molar-refractivity contribution in [2.24, 2.45) is 0 Å². The van der Waals surface area contributed by atoms with E-state index in [-0.39, 0.29) is 0 Å². The number of anilines is 1. The molecule has 6 heteroatoms. The molecule has 0 radical (unpaired) electrons. The minimum Gasteiger partial charge on any atom is -0.309 e. The lowest BCUT2D eigenvalue weighted by Gasteiger charge is -2.10. The van der Waals surface area contributed by atoms with Gasteiger partial charge in [0.1, 0.15) is 11.0 Å². The SMILES string of the molecule is O=S(Nc1nccc(C2CCCN2)n1)C1CC1. The highest BCUT2D eigenvalue weighted by molar-refractivity contribution is 7.87. The van der Waals surface area contributed by atoms with Gasteiger partial charge in [0.25, 0.3) is 0 Å². The van der Waals surface area contributed by atoms with Crippen LogP contribution in [-0.2, 0) is 11.0 Å². The largest absolute Gasteiger partial charge is 0.309 e. The fourth-order valence-electron chi connectivity index (χ4n) is 2.01. The molecule has 1 aromatic heterocycles. The summed E-state index contributed by atoms with van der Waals surface area (Å²) in [4.78, 5) is 8.55. The Kier molecular flexibility index (Phi) is 3.07. The summed E-state index contributed by atoms with van der Waals surface area (Å²) in [5.41, 5.74) is 0.993. The van der Waals surface area contributed by atoms with Crippen LogP contribution >= 0.6 is 0 Å². The summed E-state index contributed by atoms with van der Waals surface area (Å²) in [5, 5.41) is 3.69. The zero-order chi connectivity index (χ0) is 11.7. The molecule has 17 heavy (non-hydrogen) atoms. The first-order chi connectivity index (χ1) is 8.33. The van der Waals surface area contributed by atoms with Gasteiger partial charge in [0, 0.05) is 12.2 Å². The van der Waals surface area contributed by atoms with E-state index in [4.69, 9.17) is 0 Å². The lowest BCUT2D eigenvalue weighted by atomic mass is 10.1. The normalized spacial score (nSPS) is 25.8. The third-order valence-electron chi connectivity index (χ3n) is 3.11. The van der Waals surface area contributed by atoms with E-state index >= 15 is 0 Å². The number of nitrogens with one attached hydrogen (secondary N) is 2. The molecule has 2 atom stereocenters. The molecule has 92 valence electrons. The van der Waals surface area contributed by atoms with Gasteiger partial charge >= 0.3 is 0 Å². The van der Waals surface area contributed by atoms with Gasteiger partial charge < -0.3 is 5.32 Å². The molecule has 0 amide bonds. The molecule has 2 heterocycles. The van der Waals surface area contributed by atoms with Crippen LogP contribution in [-0.4, -0.2) is 26.0 Å². The molecule has 2 aliphatic rings. The predicted octanol–water partition coefficient (Wildman–Crippen LogP) is 1.14. The smallest absolute Gasteiger partial charge is 0.234 e. The first-order valence-corrected chi connectivity index (χ1v) is 7.28. The average molecular weight is 252 g/mol. The Bertz CT molecular complexity index is 429. The molecule has 1 aliphatic heterocycles. The molecular weight excluding hydrogens is 236 g/mol. The van der Waals surface area contributed by atoms with E-state index in [9.17, 15) is 4.21 Å². The maximum absolute atomic E-state index is 11.7. The Morgan fingerprint density at radius 1 is 1.41 bits per heavy atom. The van der Waals surface area contributed by atoms with E-state index < -0.39 is 11.0 Å². The summed E-state index contributed by atoms with van der Waals surface area (Å²) in [6.45, 7) is 1.05. The second-order valence-electron chi connectivity index (χ2n) is 4.55. The minimum absolute atomic E-state index is 0.298. The Morgan fingerprint density at radius 2 is 2.29 bits per heavy atom. The number of hydrogen-bond acceptors (Lipinski definition) is 4. The van der Waals surface area contributed by atoms with Crippen molar-refractivity contribution in [3.63, 3.8) is 0 Å². The van der Waals surface area contributed by atoms with Crippen LogP contribution in [0, 0.1) is 0 Å². The monoisotopic (exact) mass is 252 g/mol. The zero-order valence-electron chi connectivity index (χ0n) is 9.56. The first-order valence-electron chi connectivity index (χ1n) is 6.06. The molecule has 5 nitrogen and oxygen atoms in total. The Morgan fingerprint density at radius 3 is 3.00 bits per heavy atom. The molecule has 2 unspecified atom stereocenters. The van der Waals surface area contributed by atoms with Gasteiger partial charge in [0.2, 0.25) is 5.95 Å². The molecule has 3 rings (SSSR count). The quantitative estimate of drug-likeness (QED) is 0.843. The van der Waals surface area contributed by atoms with Gasteiger partial charge in [-0.15, -0.1) is 0 Å². The third-order valence-corrected chi connectivity index (χ3v) is 4.57. The molecule has 1 saturated heterocycles. The molecule has 0 aromatic carbocycles. The highest BCUT2D eigenvalue weighted by atomic mass is 32.2. The minimum atomic E-state index is -1.02. The number of hydrogen-bond donors (Lipinski definition) is 2. The highest BCUT2D eigenvalue weighted by Gasteiger charge is 2.29. The van der Waals surface area contributed by atoms with Crippen molar-refractivity contribution >= 4 is 16.9 Å². The first kappa shape index (κ1) is 11.1. The van der Waals surface area contributed by atoms with Crippen LogP contribution in [0.25, 0.3) is 0 Å². The van der Waals surface area contributed by atoms with Crippen LogP contribution in [0.15, 0.2) is 12.3 Å². The van der Waals surface area contributed by atoms with E-state index in [0.29, 0.717) is 17.2 Å². The summed E-state index contributed by atoms with van der Waals surface area (Å²) >= 11 is 0. The predicted molar refractivity (Wildman–Crippen MR) is 66.8 cm³/mol. The van der Waals surface area contributed by atoms with E-state index in [2.05, 4.69) is 20.0 Å². The van der Waals surface area contributed by atoms with Gasteiger partial charge in [-0.25, -0.2) is 14.2 Å². The van der Waals surface area contributed by atoms with Gasteiger partial charge in [0.05, 0.1) is 10.9 Å². The van der Waals surface area contributed by atoms with E-state index in [0.717, 1.165) is 31.5 Å². The maximum Gasteiger partial charge on any atom is 0.234 e. The summed E-state index contributed by atoms with van der Waals surface area (Å²) in [6.07, 6.45) is 6.12. The van der Waals surface area contributed by atoms with Crippen LogP contribution < -0.4 is 10.0 Å². The lowest BCUT2D eigenvalue weighted by Crippen LogP contribution is -2.16. The van der Waals surface area contributed by atoms with Crippen molar-refractivity contribution in [2.45, 2.75) is 37.0 Å². The Hall–Kier alpha value is -1.01. The van der Waals surface area contributed by atoms with Crippen LogP contribution in [0.3, 0.4) is 0 Å². The van der Waals surface area contributed by atoms with Gasteiger partial charge in [-0.2, -0.15) is 0 Å². The Balaban J connectivity index is 1.71. The number of rotatable bonds is 4. The summed E-state index contributed by atoms with van der Waals surface area (Å²) in [7, 11) is -1.02. The molecule has 1 aliphatic carbocycles. The van der Waals surface area contributed by atoms with E-state index in [1.165, 1.54) is 6.42 Å². The second-order valence-corrected chi connectivity index (χ2v) is 6.02. The highest BCUT2D eigenvalue weighted by Crippen LogP contribution is 2.27. The summed E-state index contributed by atoms with van der Waals surface area (Å²) < 4.78 is 14.6. The number of nitrogens with zero attached hydrogens (tertiary/aromatic N) is 2. The molecule has 2 N–H and O–H groups in total. The van der Waals surface area contributed by atoms with Crippen molar-refractivity contribution in [2.75, 3.05) is 11.3 Å². The van der Waals surface area contributed by atoms with E-state index in [1.807, 2.05) is 6.07 Å². The summed E-state index contributed by atoms with van der Waals surface area (Å²) in [6, 6.07) is 2.25. The molecular formula is C11H16N4OS. The fourth-order valence-corrected chi connectivity index (χ4v) is 3.02. The lowest BCUT2D eigenvalue weighted by molar-refractivity contribution is 0.626. The van der Waals surface area contributed by atoms with Crippen molar-refractivity contribution in [3.8, 4) is 0 Å². The number of aromatic nitrogens is 2. The molecule has 2 fully saturated rings. The molecule has 0 spiro atoms. The summed E-state index contributed by atoms with van der Waals surface area (Å²) in [5.74, 6) is 0.487. The van der Waals surface area contributed by atoms with Crippen LogP contribution in [0.2, 0.25) is 0 Å². The molecule has 1 saturated carbocycles. The van der Waals surface area contributed by atoms with Crippen molar-refractivity contribution in [1.82, 2.24) is 15.3 Å². The van der Waals surface area contributed by atoms with Crippen molar-refractivity contribution in [3.05, 3.63) is 18.0 Å². The van der Waals surface area contributed by atoms with Crippen LogP contribution in [0.4, 0.5) is 5.95 Å². The average Bonchev–Trinajstić information content (AvgIpc) is 3.05. The molecule has 1 aromatic rings. The third kappa shape index (κ3) is 2.63. The standard InChI is InChI=1S/C11H16N4OS/c16-17(8-3-4-8)15-11-13-7-5-10(14-11)9-2-1-6-12-9/h5,7-9,12H,1-4,6H2,(H,13,14,15). The molecule has 0 bridgehead atoms. The van der Waals surface area contributed by atoms with Gasteiger partial charge in [-0.05, 0) is 38.3 Å². The second kappa shape index (κ2) is 4.70. The Labute approximate surface area is 103 Å². The topological polar surface area (TPSA) is 66.9 Å². The zero-order valence-corrected chi connectivity index (χ0v) is 10.4. The fraction of sp³-hybridized carbons (Fsp3) is 0.636. The van der Waals surface area contributed by atoms with Crippen LogP contribution in [0.1, 0.15) is 37.4 Å². The van der Waals surface area contributed by atoms with Gasteiger partial charge in [-0.3, -0.25) is 4.72 Å². The van der Waals surface area contributed by atoms with Crippen LogP contribution in [0.5, 0.6) is 0 Å². The van der Waals surface area contributed by atoms with Crippen molar-refractivity contribution in [1.29, 1.82) is 0 Å². The van der Waals surface area contributed by atoms with Gasteiger partial charge in [-0.1, -0.05) is 0 Å². The maximum atomic E-state index is 11.7. The van der Waals surface area contributed by atoms with Gasteiger partial charge in [0.15, 0.2) is 0 Å².